The van der Waals surface area contributed by atoms with Gasteiger partial charge < -0.3 is 9.32 Å². The van der Waals surface area contributed by atoms with Gasteiger partial charge in [0.05, 0.1) is 11.8 Å². The Labute approximate surface area is 116 Å². The predicted molar refractivity (Wildman–Crippen MR) is 72.4 cm³/mol. The van der Waals surface area contributed by atoms with E-state index >= 15 is 0 Å². The Balaban J connectivity index is 1.78. The van der Waals surface area contributed by atoms with Gasteiger partial charge in [0.15, 0.2) is 4.67 Å². The van der Waals surface area contributed by atoms with Crippen LogP contribution >= 0.6 is 15.9 Å². The average Bonchev–Trinajstić information content (AvgIpc) is 3.09. The summed E-state index contributed by atoms with van der Waals surface area (Å²) in [6, 6.07) is 2.22. The van der Waals surface area contributed by atoms with Crippen LogP contribution in [0.15, 0.2) is 21.4 Å². The Kier molecular flexibility index (Phi) is 3.46. The summed E-state index contributed by atoms with van der Waals surface area (Å²) in [4.78, 5) is 14.6. The molecule has 1 aliphatic heterocycles. The number of furan rings is 1. The predicted octanol–water partition coefficient (Wildman–Crippen LogP) is 3.84. The van der Waals surface area contributed by atoms with Crippen LogP contribution in [0.2, 0.25) is 0 Å². The molecule has 1 aromatic heterocycles. The lowest BCUT2D eigenvalue weighted by atomic mass is 9.96. The molecule has 1 aromatic rings. The van der Waals surface area contributed by atoms with Crippen LogP contribution in [-0.2, 0) is 0 Å². The van der Waals surface area contributed by atoms with Crippen molar-refractivity contribution in [2.75, 3.05) is 6.54 Å². The molecule has 3 rings (SSSR count). The van der Waals surface area contributed by atoms with Gasteiger partial charge >= 0.3 is 0 Å². The Morgan fingerprint density at radius 3 is 2.72 bits per heavy atom. The largest absolute Gasteiger partial charge is 0.457 e. The number of nitrogens with zero attached hydrogens (tertiary/aromatic N) is 1. The summed E-state index contributed by atoms with van der Waals surface area (Å²) >= 11 is 3.30. The first kappa shape index (κ1) is 12.3. The second kappa shape index (κ2) is 5.08. The van der Waals surface area contributed by atoms with Crippen molar-refractivity contribution in [2.24, 2.45) is 5.92 Å². The maximum absolute atomic E-state index is 12.5. The molecule has 0 bridgehead atoms. The number of amides is 1. The number of hydrogen-bond acceptors (Lipinski definition) is 2. The molecule has 2 fully saturated rings. The molecule has 2 heterocycles. The Morgan fingerprint density at radius 1 is 1.28 bits per heavy atom. The normalized spacial score (nSPS) is 24.9. The van der Waals surface area contributed by atoms with E-state index < -0.39 is 0 Å². The summed E-state index contributed by atoms with van der Waals surface area (Å²) in [6.45, 7) is 0.900. The molecule has 98 valence electrons. The number of hydrogen-bond donors (Lipinski definition) is 0. The molecule has 1 saturated heterocycles. The van der Waals surface area contributed by atoms with Gasteiger partial charge in [-0.25, -0.2) is 0 Å². The molecular formula is C14H18BrNO2. The maximum Gasteiger partial charge on any atom is 0.258 e. The molecule has 1 saturated carbocycles. The number of likely N-dealkylation sites (tertiary alicyclic amines) is 1. The third-order valence-electron chi connectivity index (χ3n) is 4.35. The molecule has 0 N–H and O–H groups in total. The topological polar surface area (TPSA) is 33.5 Å². The molecule has 2 aliphatic rings. The molecule has 0 radical (unpaired) electrons. The van der Waals surface area contributed by atoms with Gasteiger partial charge in [-0.3, -0.25) is 4.79 Å². The van der Waals surface area contributed by atoms with Gasteiger partial charge in [-0.15, -0.1) is 0 Å². The molecule has 0 aromatic carbocycles. The second-order valence-electron chi connectivity index (χ2n) is 5.36. The summed E-state index contributed by atoms with van der Waals surface area (Å²) in [5.74, 6) is 0.854. The second-order valence-corrected chi connectivity index (χ2v) is 6.08. The van der Waals surface area contributed by atoms with Crippen LogP contribution in [0, 0.1) is 5.92 Å². The minimum Gasteiger partial charge on any atom is -0.457 e. The average molecular weight is 312 g/mol. The molecule has 1 unspecified atom stereocenters. The van der Waals surface area contributed by atoms with Crippen molar-refractivity contribution >= 4 is 21.8 Å². The van der Waals surface area contributed by atoms with Crippen molar-refractivity contribution in [2.45, 2.75) is 44.6 Å². The van der Waals surface area contributed by atoms with Crippen molar-refractivity contribution in [1.29, 1.82) is 0 Å². The molecule has 1 aliphatic carbocycles. The van der Waals surface area contributed by atoms with E-state index in [0.717, 1.165) is 18.9 Å². The fourth-order valence-electron chi connectivity index (χ4n) is 3.48. The number of rotatable bonds is 2. The minimum absolute atomic E-state index is 0.130. The first-order chi connectivity index (χ1) is 8.77. The molecule has 1 amide bonds. The SMILES string of the molecule is O=C(c1ccoc1Br)N1CCCC1C1CCCC1. The molecule has 3 nitrogen and oxygen atoms in total. The summed E-state index contributed by atoms with van der Waals surface area (Å²) in [5.41, 5.74) is 0.667. The van der Waals surface area contributed by atoms with Crippen molar-refractivity contribution in [3.05, 3.63) is 22.6 Å². The van der Waals surface area contributed by atoms with Gasteiger partial charge in [0.2, 0.25) is 0 Å². The quantitative estimate of drug-likeness (QED) is 0.831. The van der Waals surface area contributed by atoms with Crippen LogP contribution in [0.25, 0.3) is 0 Å². The number of halogens is 1. The van der Waals surface area contributed by atoms with Gasteiger partial charge in [0.1, 0.15) is 0 Å². The fraction of sp³-hybridized carbons (Fsp3) is 0.643. The van der Waals surface area contributed by atoms with Gasteiger partial charge in [0, 0.05) is 12.6 Å². The first-order valence-corrected chi connectivity index (χ1v) is 7.60. The van der Waals surface area contributed by atoms with E-state index in [1.165, 1.54) is 32.1 Å². The van der Waals surface area contributed by atoms with E-state index in [2.05, 4.69) is 20.8 Å². The Hall–Kier alpha value is -0.770. The standard InChI is InChI=1S/C14H18BrNO2/c15-13-11(7-9-18-13)14(17)16-8-3-6-12(16)10-4-1-2-5-10/h7,9-10,12H,1-6,8H2. The summed E-state index contributed by atoms with van der Waals surface area (Å²) in [6.07, 6.45) is 9.13. The highest BCUT2D eigenvalue weighted by molar-refractivity contribution is 9.10. The zero-order valence-corrected chi connectivity index (χ0v) is 12.0. The number of carbonyl (C=O) groups is 1. The zero-order valence-electron chi connectivity index (χ0n) is 10.4. The summed E-state index contributed by atoms with van der Waals surface area (Å²) in [7, 11) is 0. The zero-order chi connectivity index (χ0) is 12.5. The van der Waals surface area contributed by atoms with Crippen LogP contribution < -0.4 is 0 Å². The van der Waals surface area contributed by atoms with Crippen molar-refractivity contribution in [3.8, 4) is 0 Å². The van der Waals surface area contributed by atoms with Crippen molar-refractivity contribution in [3.63, 3.8) is 0 Å². The van der Waals surface area contributed by atoms with E-state index in [4.69, 9.17) is 4.42 Å². The maximum atomic E-state index is 12.5. The van der Waals surface area contributed by atoms with Crippen LogP contribution in [0.5, 0.6) is 0 Å². The summed E-state index contributed by atoms with van der Waals surface area (Å²) in [5, 5.41) is 0. The lowest BCUT2D eigenvalue weighted by molar-refractivity contribution is 0.0687. The van der Waals surface area contributed by atoms with Gasteiger partial charge in [-0.2, -0.15) is 0 Å². The third kappa shape index (κ3) is 2.11. The highest BCUT2D eigenvalue weighted by Crippen LogP contribution is 2.36. The Morgan fingerprint density at radius 2 is 2.06 bits per heavy atom. The molecular weight excluding hydrogens is 294 g/mol. The lowest BCUT2D eigenvalue weighted by Crippen LogP contribution is -2.39. The third-order valence-corrected chi connectivity index (χ3v) is 4.97. The number of carbonyl (C=O) groups excluding carboxylic acids is 1. The Bertz CT molecular complexity index is 437. The van der Waals surface area contributed by atoms with E-state index in [-0.39, 0.29) is 5.91 Å². The van der Waals surface area contributed by atoms with Gasteiger partial charge in [0.25, 0.3) is 5.91 Å². The molecule has 0 spiro atoms. The van der Waals surface area contributed by atoms with E-state index in [1.807, 2.05) is 0 Å². The van der Waals surface area contributed by atoms with Crippen molar-refractivity contribution in [1.82, 2.24) is 4.90 Å². The molecule has 4 heteroatoms. The van der Waals surface area contributed by atoms with Crippen LogP contribution in [0.3, 0.4) is 0 Å². The highest BCUT2D eigenvalue weighted by atomic mass is 79.9. The van der Waals surface area contributed by atoms with Gasteiger partial charge in [-0.1, -0.05) is 12.8 Å². The lowest BCUT2D eigenvalue weighted by Gasteiger charge is -2.29. The van der Waals surface area contributed by atoms with Gasteiger partial charge in [-0.05, 0) is 53.6 Å². The summed E-state index contributed by atoms with van der Waals surface area (Å²) < 4.78 is 5.73. The van der Waals surface area contributed by atoms with Crippen molar-refractivity contribution < 1.29 is 9.21 Å². The minimum atomic E-state index is 0.130. The molecule has 18 heavy (non-hydrogen) atoms. The monoisotopic (exact) mass is 311 g/mol. The molecule has 1 atom stereocenters. The van der Waals surface area contributed by atoms with Crippen LogP contribution in [0.4, 0.5) is 0 Å². The smallest absolute Gasteiger partial charge is 0.258 e. The van der Waals surface area contributed by atoms with Crippen LogP contribution in [0.1, 0.15) is 48.9 Å². The van der Waals surface area contributed by atoms with Crippen LogP contribution in [-0.4, -0.2) is 23.4 Å². The fourth-order valence-corrected chi connectivity index (χ4v) is 3.89. The van der Waals surface area contributed by atoms with E-state index in [0.29, 0.717) is 16.3 Å². The van der Waals surface area contributed by atoms with E-state index in [1.54, 1.807) is 12.3 Å². The first-order valence-electron chi connectivity index (χ1n) is 6.81. The highest BCUT2D eigenvalue weighted by Gasteiger charge is 2.36. The van der Waals surface area contributed by atoms with E-state index in [9.17, 15) is 4.79 Å².